The fourth-order valence-electron chi connectivity index (χ4n) is 7.21. The zero-order valence-corrected chi connectivity index (χ0v) is 23.9. The third-order valence-corrected chi connectivity index (χ3v) is 9.64. The number of carbonyl (C=O) groups excluding carboxylic acids is 3. The first-order valence-corrected chi connectivity index (χ1v) is 14.7. The summed E-state index contributed by atoms with van der Waals surface area (Å²) in [5.41, 5.74) is -0.942. The van der Waals surface area contributed by atoms with Gasteiger partial charge in [0, 0.05) is 46.1 Å². The molecule has 5 atom stereocenters. The van der Waals surface area contributed by atoms with Crippen molar-refractivity contribution < 1.29 is 28.3 Å². The van der Waals surface area contributed by atoms with Gasteiger partial charge in [-0.1, -0.05) is 35.3 Å². The Hall–Kier alpha value is -3.26. The quantitative estimate of drug-likeness (QED) is 0.466. The van der Waals surface area contributed by atoms with Gasteiger partial charge in [-0.15, -0.1) is 0 Å². The van der Waals surface area contributed by atoms with Crippen LogP contribution >= 0.6 is 23.2 Å². The van der Waals surface area contributed by atoms with Crippen molar-refractivity contribution >= 4 is 40.9 Å². The number of amides is 3. The lowest BCUT2D eigenvalue weighted by Crippen LogP contribution is -2.70. The van der Waals surface area contributed by atoms with Crippen LogP contribution in [0.3, 0.4) is 0 Å². The normalized spacial score (nSPS) is 27.3. The van der Waals surface area contributed by atoms with Crippen molar-refractivity contribution in [1.82, 2.24) is 15.5 Å². The van der Waals surface area contributed by atoms with Crippen molar-refractivity contribution in [1.29, 1.82) is 5.26 Å². The molecular formula is C30H28Cl2F2N4O4. The Kier molecular flexibility index (Phi) is 7.19. The molecule has 0 radical (unpaired) electrons. The van der Waals surface area contributed by atoms with Gasteiger partial charge in [0.05, 0.1) is 12.0 Å². The van der Waals surface area contributed by atoms with E-state index < -0.39 is 59.7 Å². The first kappa shape index (κ1) is 28.8. The second-order valence-corrected chi connectivity index (χ2v) is 12.5. The van der Waals surface area contributed by atoms with Gasteiger partial charge in [-0.2, -0.15) is 5.26 Å². The van der Waals surface area contributed by atoms with Gasteiger partial charge >= 0.3 is 0 Å². The van der Waals surface area contributed by atoms with Gasteiger partial charge in [0.2, 0.25) is 11.8 Å². The summed E-state index contributed by atoms with van der Waals surface area (Å²) in [5.74, 6) is -7.35. The lowest BCUT2D eigenvalue weighted by Gasteiger charge is -2.54. The SMILES string of the molecule is N#C[C@H](C[C@@H]1CCCNC1=O)NC(=O)[C@H]1[C@@H]2CC[C@@H](CC2(F)F)N1C(=O)C1(O)c2cc(Cl)ccc2-c2ccc(Cl)cc21. The van der Waals surface area contributed by atoms with Crippen LogP contribution in [0.2, 0.25) is 10.0 Å². The highest BCUT2D eigenvalue weighted by molar-refractivity contribution is 6.31. The van der Waals surface area contributed by atoms with Crippen molar-refractivity contribution in [3.05, 3.63) is 57.6 Å². The van der Waals surface area contributed by atoms with Crippen molar-refractivity contribution in [2.24, 2.45) is 11.8 Å². The molecular weight excluding hydrogens is 589 g/mol. The number of alkyl halides is 2. The van der Waals surface area contributed by atoms with E-state index in [-0.39, 0.29) is 46.3 Å². The summed E-state index contributed by atoms with van der Waals surface area (Å²) in [6, 6.07) is 7.61. The summed E-state index contributed by atoms with van der Waals surface area (Å²) in [7, 11) is 0. The van der Waals surface area contributed by atoms with Gasteiger partial charge in [0.15, 0.2) is 5.60 Å². The summed E-state index contributed by atoms with van der Waals surface area (Å²) in [6.45, 7) is 0.530. The second-order valence-electron chi connectivity index (χ2n) is 11.6. The summed E-state index contributed by atoms with van der Waals surface area (Å²) < 4.78 is 30.6. The summed E-state index contributed by atoms with van der Waals surface area (Å²) >= 11 is 12.5. The van der Waals surface area contributed by atoms with Crippen LogP contribution in [0, 0.1) is 23.2 Å². The van der Waals surface area contributed by atoms with Gasteiger partial charge in [-0.3, -0.25) is 14.4 Å². The van der Waals surface area contributed by atoms with E-state index in [1.165, 1.54) is 12.1 Å². The molecule has 3 N–H and O–H groups in total. The zero-order chi connectivity index (χ0) is 30.0. The fraction of sp³-hybridized carbons (Fsp3) is 0.467. The molecule has 4 fully saturated rings. The van der Waals surface area contributed by atoms with Crippen LogP contribution in [0.4, 0.5) is 8.78 Å². The molecule has 12 heteroatoms. The van der Waals surface area contributed by atoms with Crippen LogP contribution < -0.4 is 10.6 Å². The van der Waals surface area contributed by atoms with E-state index >= 15 is 8.78 Å². The molecule has 3 amide bonds. The van der Waals surface area contributed by atoms with Gasteiger partial charge in [-0.05, 0) is 67.5 Å². The Balaban J connectivity index is 1.38. The number of nitriles is 1. The third-order valence-electron chi connectivity index (χ3n) is 9.17. The number of nitrogens with zero attached hydrogens (tertiary/aromatic N) is 2. The molecule has 3 saturated heterocycles. The lowest BCUT2D eigenvalue weighted by molar-refractivity contribution is -0.201. The minimum Gasteiger partial charge on any atom is -0.372 e. The van der Waals surface area contributed by atoms with Gasteiger partial charge in [-0.25, -0.2) is 8.78 Å². The third kappa shape index (κ3) is 4.53. The highest BCUT2D eigenvalue weighted by Gasteiger charge is 2.63. The Morgan fingerprint density at radius 2 is 1.76 bits per heavy atom. The molecule has 1 saturated carbocycles. The average molecular weight is 617 g/mol. The van der Waals surface area contributed by atoms with Crippen LogP contribution in [0.15, 0.2) is 36.4 Å². The number of hydrogen-bond donors (Lipinski definition) is 3. The molecule has 8 nitrogen and oxygen atoms in total. The molecule has 2 bridgehead atoms. The molecule has 0 aromatic heterocycles. The minimum absolute atomic E-state index is 0.00889. The topological polar surface area (TPSA) is 123 Å². The van der Waals surface area contributed by atoms with Crippen LogP contribution in [-0.2, 0) is 20.0 Å². The number of benzene rings is 2. The monoisotopic (exact) mass is 616 g/mol. The molecule has 2 aliphatic carbocycles. The van der Waals surface area contributed by atoms with Crippen molar-refractivity contribution in [2.75, 3.05) is 6.54 Å². The summed E-state index contributed by atoms with van der Waals surface area (Å²) in [5, 5.41) is 27.8. The van der Waals surface area contributed by atoms with Gasteiger partial charge < -0.3 is 20.6 Å². The molecule has 2 aromatic carbocycles. The Morgan fingerprint density at radius 1 is 1.12 bits per heavy atom. The maximum atomic E-state index is 15.3. The molecule has 5 aliphatic rings. The first-order chi connectivity index (χ1) is 20.0. The highest BCUT2D eigenvalue weighted by Crippen LogP contribution is 2.54. The standard InChI is InChI=1S/C30H28Cl2F2N4O4/c31-16-3-6-20-21-7-4-17(32)12-24(21)30(42,23(20)11-16)28(41)38-19-5-8-22(29(33,34)13-19)25(38)27(40)37-18(14-35)10-15-2-1-9-36-26(15)39/h3-4,6-7,11-12,15,18-19,22,25,42H,1-2,5,8-10,13H2,(H,36,39)(H,37,40)/t15-,18-,19-,22-,25+/m0/s1. The minimum atomic E-state index is -3.24. The second kappa shape index (κ2) is 10.5. The van der Waals surface area contributed by atoms with Crippen molar-refractivity contribution in [2.45, 2.75) is 68.2 Å². The van der Waals surface area contributed by atoms with Crippen molar-refractivity contribution in [3.8, 4) is 17.2 Å². The van der Waals surface area contributed by atoms with E-state index in [1.54, 1.807) is 24.3 Å². The number of hydrogen-bond acceptors (Lipinski definition) is 5. The smallest absolute Gasteiger partial charge is 0.264 e. The number of nitrogens with one attached hydrogen (secondary N) is 2. The Labute approximate surface area is 251 Å². The highest BCUT2D eigenvalue weighted by atomic mass is 35.5. The molecule has 42 heavy (non-hydrogen) atoms. The maximum absolute atomic E-state index is 15.3. The maximum Gasteiger partial charge on any atom is 0.264 e. The fourth-order valence-corrected chi connectivity index (χ4v) is 7.55. The largest absolute Gasteiger partial charge is 0.372 e. The molecule has 0 unspecified atom stereocenters. The molecule has 2 aromatic rings. The molecule has 0 spiro atoms. The van der Waals surface area contributed by atoms with Crippen LogP contribution in [0.1, 0.15) is 49.7 Å². The molecule has 7 rings (SSSR count). The van der Waals surface area contributed by atoms with E-state index in [9.17, 15) is 24.8 Å². The van der Waals surface area contributed by atoms with Gasteiger partial charge in [0.1, 0.15) is 12.1 Å². The number of fused-ring (bicyclic) bond motifs is 6. The predicted octanol–water partition coefficient (Wildman–Crippen LogP) is 4.15. The van der Waals surface area contributed by atoms with E-state index in [2.05, 4.69) is 10.6 Å². The zero-order valence-electron chi connectivity index (χ0n) is 22.4. The number of carbonyl (C=O) groups is 3. The predicted molar refractivity (Wildman–Crippen MR) is 150 cm³/mol. The number of halogens is 4. The lowest BCUT2D eigenvalue weighted by atomic mass is 9.70. The van der Waals surface area contributed by atoms with E-state index in [0.717, 1.165) is 11.3 Å². The van der Waals surface area contributed by atoms with Crippen molar-refractivity contribution in [3.63, 3.8) is 0 Å². The summed E-state index contributed by atoms with van der Waals surface area (Å²) in [4.78, 5) is 41.7. The van der Waals surface area contributed by atoms with E-state index in [4.69, 9.17) is 23.2 Å². The van der Waals surface area contributed by atoms with E-state index in [0.29, 0.717) is 24.1 Å². The number of piperidine rings is 3. The van der Waals surface area contributed by atoms with Gasteiger partial charge in [0.25, 0.3) is 11.8 Å². The molecule has 220 valence electrons. The number of rotatable bonds is 5. The Bertz CT molecular complexity index is 1480. The molecule has 3 aliphatic heterocycles. The van der Waals surface area contributed by atoms with Crippen LogP contribution in [0.5, 0.6) is 0 Å². The Morgan fingerprint density at radius 3 is 2.33 bits per heavy atom. The average Bonchev–Trinajstić information content (AvgIpc) is 3.20. The van der Waals surface area contributed by atoms with E-state index in [1.807, 2.05) is 6.07 Å². The first-order valence-electron chi connectivity index (χ1n) is 14.0. The van der Waals surface area contributed by atoms with Crippen LogP contribution in [-0.4, -0.2) is 58.3 Å². The van der Waals surface area contributed by atoms with Crippen LogP contribution in [0.25, 0.3) is 11.1 Å². The molecule has 3 heterocycles. The number of aliphatic hydroxyl groups is 1. The summed E-state index contributed by atoms with van der Waals surface area (Å²) in [6.07, 6.45) is 0.831.